The molecule has 31 heavy (non-hydrogen) atoms. The normalized spacial score (nSPS) is 11.5. The van der Waals surface area contributed by atoms with Crippen molar-refractivity contribution in [2.75, 3.05) is 12.4 Å². The number of hydrogen-bond donors (Lipinski definition) is 1. The topological polar surface area (TPSA) is 92.8 Å². The van der Waals surface area contributed by atoms with Gasteiger partial charge in [-0.15, -0.1) is 10.2 Å². The van der Waals surface area contributed by atoms with Gasteiger partial charge < -0.3 is 14.6 Å². The van der Waals surface area contributed by atoms with Crippen molar-refractivity contribution in [1.29, 1.82) is 5.26 Å². The molecule has 7 nitrogen and oxygen atoms in total. The van der Waals surface area contributed by atoms with Crippen LogP contribution in [0.1, 0.15) is 32.3 Å². The van der Waals surface area contributed by atoms with E-state index < -0.39 is 5.25 Å². The third-order valence-corrected chi connectivity index (χ3v) is 5.84. The van der Waals surface area contributed by atoms with Crippen LogP contribution in [0.25, 0.3) is 11.4 Å². The average molecular weight is 436 g/mol. The first kappa shape index (κ1) is 22.4. The number of aromatic nitrogens is 3. The number of nitriles is 1. The van der Waals surface area contributed by atoms with Crippen LogP contribution in [0.2, 0.25) is 0 Å². The second-order valence-corrected chi connectivity index (χ2v) is 8.25. The Hall–Kier alpha value is -3.31. The van der Waals surface area contributed by atoms with Gasteiger partial charge in [-0.3, -0.25) is 4.79 Å². The molecule has 2 aromatic carbocycles. The highest BCUT2D eigenvalue weighted by molar-refractivity contribution is 8.00. The third-order valence-electron chi connectivity index (χ3n) is 4.76. The lowest BCUT2D eigenvalue weighted by Crippen LogP contribution is -2.23. The quantitative estimate of drug-likeness (QED) is 0.488. The highest BCUT2D eigenvalue weighted by atomic mass is 32.2. The third kappa shape index (κ3) is 5.44. The van der Waals surface area contributed by atoms with Gasteiger partial charge in [0.05, 0.1) is 23.6 Å². The lowest BCUT2D eigenvalue weighted by Gasteiger charge is -2.14. The summed E-state index contributed by atoms with van der Waals surface area (Å²) in [6.07, 6.45) is 2.01. The lowest BCUT2D eigenvalue weighted by atomic mass is 10.2. The van der Waals surface area contributed by atoms with E-state index in [9.17, 15) is 10.1 Å². The summed E-state index contributed by atoms with van der Waals surface area (Å²) in [4.78, 5) is 12.7. The Morgan fingerprint density at radius 1 is 1.23 bits per heavy atom. The van der Waals surface area contributed by atoms with Crippen LogP contribution in [-0.2, 0) is 11.3 Å². The Labute approximate surface area is 186 Å². The van der Waals surface area contributed by atoms with Crippen molar-refractivity contribution in [2.45, 2.75) is 43.6 Å². The number of nitrogens with one attached hydrogen (secondary N) is 1. The Balaban J connectivity index is 1.80. The van der Waals surface area contributed by atoms with Crippen LogP contribution in [0.15, 0.2) is 53.7 Å². The molecule has 1 unspecified atom stereocenters. The largest absolute Gasteiger partial charge is 0.497 e. The monoisotopic (exact) mass is 435 g/mol. The standard InChI is InChI=1S/C23H25N5O2S/c1-4-5-14-28-21(17-10-12-19(30-3)13-11-17)26-27-23(28)31-16(2)22(29)25-20-9-7-6-8-18(20)15-24/h6-13,16H,4-5,14H2,1-3H3,(H,25,29). The van der Waals surface area contributed by atoms with E-state index in [4.69, 9.17) is 4.74 Å². The number of para-hydroxylation sites is 1. The highest BCUT2D eigenvalue weighted by Gasteiger charge is 2.21. The predicted octanol–water partition coefficient (Wildman–Crippen LogP) is 4.74. The molecular weight excluding hydrogens is 410 g/mol. The Morgan fingerprint density at radius 2 is 1.97 bits per heavy atom. The van der Waals surface area contributed by atoms with Crippen LogP contribution in [0.5, 0.6) is 5.75 Å². The SMILES string of the molecule is CCCCn1c(SC(C)C(=O)Nc2ccccc2C#N)nnc1-c1ccc(OC)cc1. The Bertz CT molecular complexity index is 1070. The van der Waals surface area contributed by atoms with Gasteiger partial charge in [0, 0.05) is 12.1 Å². The summed E-state index contributed by atoms with van der Waals surface area (Å²) in [7, 11) is 1.63. The fraction of sp³-hybridized carbons (Fsp3) is 0.304. The molecule has 160 valence electrons. The van der Waals surface area contributed by atoms with Crippen LogP contribution in [0.4, 0.5) is 5.69 Å². The summed E-state index contributed by atoms with van der Waals surface area (Å²) in [6, 6.07) is 16.7. The second-order valence-electron chi connectivity index (χ2n) is 6.95. The number of nitrogens with zero attached hydrogens (tertiary/aromatic N) is 4. The lowest BCUT2D eigenvalue weighted by molar-refractivity contribution is -0.115. The minimum absolute atomic E-state index is 0.191. The predicted molar refractivity (Wildman–Crippen MR) is 122 cm³/mol. The van der Waals surface area contributed by atoms with Gasteiger partial charge in [0.25, 0.3) is 0 Å². The molecule has 0 fully saturated rings. The maximum absolute atomic E-state index is 12.7. The van der Waals surface area contributed by atoms with Gasteiger partial charge in [0.15, 0.2) is 11.0 Å². The first-order valence-electron chi connectivity index (χ1n) is 10.1. The number of thioether (sulfide) groups is 1. The molecular formula is C23H25N5O2S. The smallest absolute Gasteiger partial charge is 0.237 e. The number of unbranched alkanes of at least 4 members (excludes halogenated alkanes) is 1. The number of carbonyl (C=O) groups is 1. The minimum atomic E-state index is -0.417. The molecule has 3 rings (SSSR count). The maximum Gasteiger partial charge on any atom is 0.237 e. The van der Waals surface area contributed by atoms with Crippen molar-refractivity contribution in [2.24, 2.45) is 0 Å². The molecule has 0 radical (unpaired) electrons. The molecule has 1 N–H and O–H groups in total. The fourth-order valence-electron chi connectivity index (χ4n) is 2.98. The van der Waals surface area contributed by atoms with E-state index in [1.54, 1.807) is 31.4 Å². The van der Waals surface area contributed by atoms with Crippen LogP contribution in [0.3, 0.4) is 0 Å². The van der Waals surface area contributed by atoms with Gasteiger partial charge in [-0.05, 0) is 49.7 Å². The molecule has 0 aliphatic carbocycles. The minimum Gasteiger partial charge on any atom is -0.497 e. The second kappa shape index (κ2) is 10.6. The van der Waals surface area contributed by atoms with Gasteiger partial charge >= 0.3 is 0 Å². The van der Waals surface area contributed by atoms with Gasteiger partial charge in [0.1, 0.15) is 11.8 Å². The zero-order valence-electron chi connectivity index (χ0n) is 17.8. The first-order valence-corrected chi connectivity index (χ1v) is 11.0. The zero-order valence-corrected chi connectivity index (χ0v) is 18.6. The molecule has 8 heteroatoms. The molecule has 0 saturated heterocycles. The van der Waals surface area contributed by atoms with Crippen LogP contribution < -0.4 is 10.1 Å². The van der Waals surface area contributed by atoms with E-state index in [1.807, 2.05) is 31.2 Å². The number of rotatable bonds is 9. The van der Waals surface area contributed by atoms with E-state index >= 15 is 0 Å². The number of hydrogen-bond acceptors (Lipinski definition) is 6. The fourth-order valence-corrected chi connectivity index (χ4v) is 3.86. The van der Waals surface area contributed by atoms with Crippen molar-refractivity contribution in [3.8, 4) is 23.2 Å². The number of benzene rings is 2. The molecule has 0 spiro atoms. The van der Waals surface area contributed by atoms with Gasteiger partial charge in [0.2, 0.25) is 5.91 Å². The van der Waals surface area contributed by atoms with Crippen LogP contribution in [0, 0.1) is 11.3 Å². The summed E-state index contributed by atoms with van der Waals surface area (Å²) in [5.74, 6) is 1.35. The van der Waals surface area contributed by atoms with Crippen molar-refractivity contribution < 1.29 is 9.53 Å². The molecule has 0 bridgehead atoms. The van der Waals surface area contributed by atoms with Gasteiger partial charge in [-0.2, -0.15) is 5.26 Å². The van der Waals surface area contributed by atoms with Crippen molar-refractivity contribution in [1.82, 2.24) is 14.8 Å². The number of methoxy groups -OCH3 is 1. The van der Waals surface area contributed by atoms with E-state index in [0.717, 1.165) is 36.5 Å². The number of amides is 1. The van der Waals surface area contributed by atoms with Crippen molar-refractivity contribution in [3.63, 3.8) is 0 Å². The Morgan fingerprint density at radius 3 is 2.65 bits per heavy atom. The summed E-state index contributed by atoms with van der Waals surface area (Å²) in [6.45, 7) is 4.71. The van der Waals surface area contributed by atoms with Crippen molar-refractivity contribution in [3.05, 3.63) is 54.1 Å². The first-order chi connectivity index (χ1) is 15.1. The highest BCUT2D eigenvalue weighted by Crippen LogP contribution is 2.29. The van der Waals surface area contributed by atoms with E-state index in [1.165, 1.54) is 11.8 Å². The number of ether oxygens (including phenoxy) is 1. The molecule has 1 amide bonds. The van der Waals surface area contributed by atoms with Crippen molar-refractivity contribution >= 4 is 23.4 Å². The molecule has 1 aromatic heterocycles. The van der Waals surface area contributed by atoms with E-state index in [2.05, 4.69) is 33.1 Å². The van der Waals surface area contributed by atoms with Gasteiger partial charge in [-0.25, -0.2) is 0 Å². The molecule has 1 heterocycles. The molecule has 3 aromatic rings. The molecule has 1 atom stereocenters. The number of carbonyl (C=O) groups excluding carboxylic acids is 1. The van der Waals surface area contributed by atoms with Crippen LogP contribution >= 0.6 is 11.8 Å². The summed E-state index contributed by atoms with van der Waals surface area (Å²) in [5.41, 5.74) is 1.88. The number of anilines is 1. The van der Waals surface area contributed by atoms with E-state index in [-0.39, 0.29) is 5.91 Å². The zero-order chi connectivity index (χ0) is 22.2. The molecule has 0 aliphatic heterocycles. The summed E-state index contributed by atoms with van der Waals surface area (Å²) >= 11 is 1.35. The summed E-state index contributed by atoms with van der Waals surface area (Å²) < 4.78 is 7.30. The average Bonchev–Trinajstić information content (AvgIpc) is 3.20. The molecule has 0 saturated carbocycles. The van der Waals surface area contributed by atoms with Crippen LogP contribution in [-0.4, -0.2) is 33.0 Å². The summed E-state index contributed by atoms with van der Waals surface area (Å²) in [5, 5.41) is 21.1. The molecule has 0 aliphatic rings. The van der Waals surface area contributed by atoms with E-state index in [0.29, 0.717) is 16.4 Å². The Kier molecular flexibility index (Phi) is 7.68. The van der Waals surface area contributed by atoms with Gasteiger partial charge in [-0.1, -0.05) is 37.2 Å². The maximum atomic E-state index is 12.7.